The maximum atomic E-state index is 5.82. The fraction of sp³-hybridized carbons (Fsp3) is 0.500. The number of nitrogens with two attached hydrogens (primary N) is 1. The van der Waals surface area contributed by atoms with Crippen LogP contribution in [0.15, 0.2) is 29.4 Å². The summed E-state index contributed by atoms with van der Waals surface area (Å²) in [6.45, 7) is 6.84. The van der Waals surface area contributed by atoms with Crippen LogP contribution in [0.1, 0.15) is 33.0 Å². The van der Waals surface area contributed by atoms with Crippen LogP contribution in [-0.4, -0.2) is 32.6 Å². The molecule has 0 aliphatic rings. The minimum atomic E-state index is -0.0587. The normalized spacial score (nSPS) is 12.8. The maximum Gasteiger partial charge on any atom is 0.188 e. The molecule has 2 heterocycles. The Kier molecular flexibility index (Phi) is 4.22. The number of aryl methyl sites for hydroxylation is 1. The SMILES string of the molecule is CC(C)(C)NC(N)=NCCCc1nnc2ccccn12. The molecular weight excluding hydrogens is 252 g/mol. The molecule has 0 unspecified atom stereocenters. The van der Waals surface area contributed by atoms with Crippen molar-refractivity contribution in [1.29, 1.82) is 0 Å². The zero-order valence-electron chi connectivity index (χ0n) is 12.3. The summed E-state index contributed by atoms with van der Waals surface area (Å²) < 4.78 is 2.00. The highest BCUT2D eigenvalue weighted by molar-refractivity contribution is 5.78. The largest absolute Gasteiger partial charge is 0.370 e. The van der Waals surface area contributed by atoms with Gasteiger partial charge in [-0.15, -0.1) is 10.2 Å². The van der Waals surface area contributed by atoms with Crippen molar-refractivity contribution >= 4 is 11.6 Å². The van der Waals surface area contributed by atoms with Crippen molar-refractivity contribution in [2.75, 3.05) is 6.54 Å². The summed E-state index contributed by atoms with van der Waals surface area (Å²) in [5.74, 6) is 1.45. The van der Waals surface area contributed by atoms with E-state index in [0.717, 1.165) is 24.3 Å². The molecule has 2 aromatic rings. The van der Waals surface area contributed by atoms with Gasteiger partial charge < -0.3 is 11.1 Å². The Morgan fingerprint density at radius 1 is 1.35 bits per heavy atom. The first-order valence-electron chi connectivity index (χ1n) is 6.82. The fourth-order valence-corrected chi connectivity index (χ4v) is 1.92. The molecule has 108 valence electrons. The zero-order chi connectivity index (χ0) is 14.6. The van der Waals surface area contributed by atoms with Crippen LogP contribution in [0.2, 0.25) is 0 Å². The van der Waals surface area contributed by atoms with Gasteiger partial charge in [0.25, 0.3) is 0 Å². The summed E-state index contributed by atoms with van der Waals surface area (Å²) >= 11 is 0. The Balaban J connectivity index is 1.86. The van der Waals surface area contributed by atoms with Crippen molar-refractivity contribution in [2.24, 2.45) is 10.7 Å². The molecular formula is C14H22N6. The number of hydrogen-bond donors (Lipinski definition) is 2. The molecule has 0 aliphatic carbocycles. The quantitative estimate of drug-likeness (QED) is 0.501. The van der Waals surface area contributed by atoms with Gasteiger partial charge in [0, 0.05) is 24.7 Å². The second-order valence-corrected chi connectivity index (χ2v) is 5.79. The molecule has 6 nitrogen and oxygen atoms in total. The minimum absolute atomic E-state index is 0.0587. The number of nitrogens with one attached hydrogen (secondary N) is 1. The van der Waals surface area contributed by atoms with Crippen molar-refractivity contribution in [3.05, 3.63) is 30.2 Å². The standard InChI is InChI=1S/C14H22N6/c1-14(2,3)17-13(15)16-9-6-8-12-19-18-11-7-4-5-10-20(11)12/h4-5,7,10H,6,8-9H2,1-3H3,(H3,15,16,17). The Morgan fingerprint density at radius 3 is 2.90 bits per heavy atom. The number of aromatic nitrogens is 3. The van der Waals surface area contributed by atoms with Crippen LogP contribution in [0.25, 0.3) is 5.65 Å². The molecule has 0 saturated carbocycles. The third-order valence-electron chi connectivity index (χ3n) is 2.73. The van der Waals surface area contributed by atoms with Crippen molar-refractivity contribution in [3.63, 3.8) is 0 Å². The van der Waals surface area contributed by atoms with Gasteiger partial charge in [-0.3, -0.25) is 9.39 Å². The summed E-state index contributed by atoms with van der Waals surface area (Å²) in [4.78, 5) is 4.31. The monoisotopic (exact) mass is 274 g/mol. The molecule has 0 aliphatic heterocycles. The van der Waals surface area contributed by atoms with Crippen LogP contribution in [0.5, 0.6) is 0 Å². The number of guanidine groups is 1. The topological polar surface area (TPSA) is 80.6 Å². The number of rotatable bonds is 4. The summed E-state index contributed by atoms with van der Waals surface area (Å²) in [6.07, 6.45) is 3.70. The van der Waals surface area contributed by atoms with Gasteiger partial charge in [0.1, 0.15) is 5.82 Å². The van der Waals surface area contributed by atoms with Crippen LogP contribution >= 0.6 is 0 Å². The molecule has 0 fully saturated rings. The second-order valence-electron chi connectivity index (χ2n) is 5.79. The lowest BCUT2D eigenvalue weighted by Gasteiger charge is -2.20. The molecule has 20 heavy (non-hydrogen) atoms. The van der Waals surface area contributed by atoms with Gasteiger partial charge in [-0.25, -0.2) is 0 Å². The number of pyridine rings is 1. The number of fused-ring (bicyclic) bond motifs is 1. The highest BCUT2D eigenvalue weighted by atomic mass is 15.2. The average Bonchev–Trinajstić information content (AvgIpc) is 2.76. The molecule has 6 heteroatoms. The minimum Gasteiger partial charge on any atom is -0.370 e. The van der Waals surface area contributed by atoms with Gasteiger partial charge in [-0.05, 0) is 39.3 Å². The van der Waals surface area contributed by atoms with E-state index < -0.39 is 0 Å². The lowest BCUT2D eigenvalue weighted by atomic mass is 10.1. The number of hydrogen-bond acceptors (Lipinski definition) is 3. The molecule has 0 atom stereocenters. The van der Waals surface area contributed by atoms with Crippen LogP contribution < -0.4 is 11.1 Å². The van der Waals surface area contributed by atoms with E-state index in [-0.39, 0.29) is 5.54 Å². The lowest BCUT2D eigenvalue weighted by Crippen LogP contribution is -2.45. The lowest BCUT2D eigenvalue weighted by molar-refractivity contribution is 0.508. The summed E-state index contributed by atoms with van der Waals surface area (Å²) in [7, 11) is 0. The highest BCUT2D eigenvalue weighted by Crippen LogP contribution is 2.05. The molecule has 2 rings (SSSR count). The molecule has 0 saturated heterocycles. The molecule has 3 N–H and O–H groups in total. The van der Waals surface area contributed by atoms with Crippen LogP contribution in [-0.2, 0) is 6.42 Å². The van der Waals surface area contributed by atoms with Crippen molar-refractivity contribution < 1.29 is 0 Å². The summed E-state index contributed by atoms with van der Waals surface area (Å²) in [5, 5.41) is 11.4. The van der Waals surface area contributed by atoms with E-state index in [1.165, 1.54) is 0 Å². The first kappa shape index (κ1) is 14.3. The first-order valence-corrected chi connectivity index (χ1v) is 6.82. The van der Waals surface area contributed by atoms with Crippen LogP contribution in [0, 0.1) is 0 Å². The van der Waals surface area contributed by atoms with E-state index in [4.69, 9.17) is 5.73 Å². The maximum absolute atomic E-state index is 5.82. The van der Waals surface area contributed by atoms with Crippen molar-refractivity contribution in [3.8, 4) is 0 Å². The van der Waals surface area contributed by atoms with E-state index >= 15 is 0 Å². The van der Waals surface area contributed by atoms with Crippen LogP contribution in [0.3, 0.4) is 0 Å². The van der Waals surface area contributed by atoms with Gasteiger partial charge in [0.05, 0.1) is 0 Å². The Hall–Kier alpha value is -2.11. The summed E-state index contributed by atoms with van der Waals surface area (Å²) in [5.41, 5.74) is 6.63. The second kappa shape index (κ2) is 5.90. The van der Waals surface area contributed by atoms with Gasteiger partial charge in [-0.2, -0.15) is 0 Å². The van der Waals surface area contributed by atoms with E-state index in [1.807, 2.05) is 28.8 Å². The predicted octanol–water partition coefficient (Wildman–Crippen LogP) is 1.36. The number of nitrogens with zero attached hydrogens (tertiary/aromatic N) is 4. The molecule has 0 spiro atoms. The van der Waals surface area contributed by atoms with E-state index in [1.54, 1.807) is 0 Å². The zero-order valence-corrected chi connectivity index (χ0v) is 12.3. The number of aliphatic imine (C=N–C) groups is 1. The molecule has 0 radical (unpaired) electrons. The third kappa shape index (κ3) is 3.94. The van der Waals surface area contributed by atoms with Gasteiger partial charge in [0.15, 0.2) is 11.6 Å². The van der Waals surface area contributed by atoms with Crippen molar-refractivity contribution in [2.45, 2.75) is 39.2 Å². The van der Waals surface area contributed by atoms with Gasteiger partial charge >= 0.3 is 0 Å². The smallest absolute Gasteiger partial charge is 0.188 e. The Morgan fingerprint density at radius 2 is 2.15 bits per heavy atom. The Bertz CT molecular complexity index is 593. The first-order chi connectivity index (χ1) is 9.46. The van der Waals surface area contributed by atoms with E-state index in [0.29, 0.717) is 12.5 Å². The summed E-state index contributed by atoms with van der Waals surface area (Å²) in [6, 6.07) is 5.88. The molecule has 0 bridgehead atoms. The van der Waals surface area contributed by atoms with E-state index in [9.17, 15) is 0 Å². The van der Waals surface area contributed by atoms with Crippen LogP contribution in [0.4, 0.5) is 0 Å². The van der Waals surface area contributed by atoms with Gasteiger partial charge in [-0.1, -0.05) is 6.07 Å². The van der Waals surface area contributed by atoms with Crippen molar-refractivity contribution in [1.82, 2.24) is 19.9 Å². The molecule has 0 amide bonds. The molecule has 0 aromatic carbocycles. The van der Waals surface area contributed by atoms with E-state index in [2.05, 4.69) is 41.3 Å². The highest BCUT2D eigenvalue weighted by Gasteiger charge is 2.09. The predicted molar refractivity (Wildman–Crippen MR) is 80.7 cm³/mol. The molecule has 2 aromatic heterocycles. The average molecular weight is 274 g/mol. The van der Waals surface area contributed by atoms with Gasteiger partial charge in [0.2, 0.25) is 0 Å². The fourth-order valence-electron chi connectivity index (χ4n) is 1.92. The third-order valence-corrected chi connectivity index (χ3v) is 2.73. The Labute approximate surface area is 119 Å².